The summed E-state index contributed by atoms with van der Waals surface area (Å²) in [5, 5.41) is 3.33. The summed E-state index contributed by atoms with van der Waals surface area (Å²) in [6.45, 7) is 9.14. The molecule has 1 unspecified atom stereocenters. The largest absolute Gasteiger partial charge is 0.371 e. The van der Waals surface area contributed by atoms with Gasteiger partial charge in [-0.25, -0.2) is 0 Å². The Morgan fingerprint density at radius 1 is 1.57 bits per heavy atom. The van der Waals surface area contributed by atoms with E-state index in [1.54, 1.807) is 0 Å². The minimum Gasteiger partial charge on any atom is -0.371 e. The second-order valence-corrected chi connectivity index (χ2v) is 5.19. The normalized spacial score (nSPS) is 26.1. The van der Waals surface area contributed by atoms with Crippen molar-refractivity contribution in [3.63, 3.8) is 0 Å². The molecule has 1 fully saturated rings. The maximum atomic E-state index is 5.86. The lowest BCUT2D eigenvalue weighted by Crippen LogP contribution is -2.42. The number of hydrogen-bond acceptors (Lipinski definition) is 2. The van der Waals surface area contributed by atoms with E-state index >= 15 is 0 Å². The Morgan fingerprint density at radius 3 is 2.64 bits per heavy atom. The van der Waals surface area contributed by atoms with Crippen LogP contribution in [0.3, 0.4) is 0 Å². The van der Waals surface area contributed by atoms with Crippen LogP contribution < -0.4 is 5.32 Å². The molecule has 2 nitrogen and oxygen atoms in total. The fourth-order valence-corrected chi connectivity index (χ4v) is 1.64. The molecule has 0 aliphatic carbocycles. The molecule has 0 radical (unpaired) electrons. The number of ether oxygens (including phenoxy) is 1. The van der Waals surface area contributed by atoms with Gasteiger partial charge in [-0.1, -0.05) is 5.92 Å². The molecule has 0 saturated carbocycles. The molecule has 0 spiro atoms. The van der Waals surface area contributed by atoms with Gasteiger partial charge in [0.15, 0.2) is 0 Å². The molecule has 1 N–H and O–H groups in total. The molecule has 0 aromatic rings. The Bertz CT molecular complexity index is 237. The zero-order valence-electron chi connectivity index (χ0n) is 9.68. The van der Waals surface area contributed by atoms with Crippen molar-refractivity contribution in [2.24, 2.45) is 0 Å². The van der Waals surface area contributed by atoms with Gasteiger partial charge in [0.2, 0.25) is 0 Å². The lowest BCUT2D eigenvalue weighted by atomic mass is 10.0. The zero-order valence-corrected chi connectivity index (χ0v) is 9.68. The van der Waals surface area contributed by atoms with Crippen molar-refractivity contribution in [3.05, 3.63) is 0 Å². The van der Waals surface area contributed by atoms with Crippen molar-refractivity contribution in [2.75, 3.05) is 6.54 Å². The lowest BCUT2D eigenvalue weighted by Gasteiger charge is -2.24. The van der Waals surface area contributed by atoms with Crippen LogP contribution in [0.4, 0.5) is 0 Å². The van der Waals surface area contributed by atoms with Gasteiger partial charge in [0.25, 0.3) is 0 Å². The van der Waals surface area contributed by atoms with Crippen LogP contribution in [0.15, 0.2) is 0 Å². The van der Waals surface area contributed by atoms with Crippen molar-refractivity contribution in [3.8, 4) is 12.3 Å². The van der Waals surface area contributed by atoms with Crippen LogP contribution in [0.2, 0.25) is 0 Å². The molecular formula is C12H21NO. The number of terminal acetylenes is 1. The van der Waals surface area contributed by atoms with E-state index < -0.39 is 0 Å². The third kappa shape index (κ3) is 3.32. The topological polar surface area (TPSA) is 21.3 Å². The molecule has 1 aliphatic heterocycles. The van der Waals surface area contributed by atoms with E-state index in [1.807, 2.05) is 13.8 Å². The SMILES string of the molecule is C#CC(C)(C)NCC1CCC(C)(C)O1. The van der Waals surface area contributed by atoms with Gasteiger partial charge in [-0.05, 0) is 40.5 Å². The van der Waals surface area contributed by atoms with Crippen LogP contribution in [0.25, 0.3) is 0 Å². The van der Waals surface area contributed by atoms with E-state index in [2.05, 4.69) is 25.1 Å². The van der Waals surface area contributed by atoms with E-state index in [4.69, 9.17) is 11.2 Å². The standard InChI is InChI=1S/C12H21NO/c1-6-11(2,3)13-9-10-7-8-12(4,5)14-10/h1,10,13H,7-9H2,2-5H3. The molecule has 1 aliphatic rings. The molecule has 2 heteroatoms. The molecule has 0 aromatic heterocycles. The summed E-state index contributed by atoms with van der Waals surface area (Å²) in [5.41, 5.74) is -0.178. The van der Waals surface area contributed by atoms with Crippen molar-refractivity contribution >= 4 is 0 Å². The van der Waals surface area contributed by atoms with E-state index in [1.165, 1.54) is 0 Å². The minimum atomic E-state index is -0.226. The molecule has 14 heavy (non-hydrogen) atoms. The van der Waals surface area contributed by atoms with E-state index in [9.17, 15) is 0 Å². The third-order valence-electron chi connectivity index (χ3n) is 2.69. The second kappa shape index (κ2) is 3.92. The fraction of sp³-hybridized carbons (Fsp3) is 0.833. The van der Waals surface area contributed by atoms with Crippen LogP contribution >= 0.6 is 0 Å². The quantitative estimate of drug-likeness (QED) is 0.695. The first-order valence-corrected chi connectivity index (χ1v) is 5.25. The van der Waals surface area contributed by atoms with E-state index in [0.29, 0.717) is 6.10 Å². The summed E-state index contributed by atoms with van der Waals surface area (Å²) in [6.07, 6.45) is 7.97. The molecule has 80 valence electrons. The maximum absolute atomic E-state index is 5.86. The van der Waals surface area contributed by atoms with Gasteiger partial charge < -0.3 is 4.74 Å². The smallest absolute Gasteiger partial charge is 0.0742 e. The van der Waals surface area contributed by atoms with Gasteiger partial charge in [-0.15, -0.1) is 6.42 Å². The van der Waals surface area contributed by atoms with E-state index in [0.717, 1.165) is 19.4 Å². The van der Waals surface area contributed by atoms with Crippen molar-refractivity contribution in [1.82, 2.24) is 5.32 Å². The van der Waals surface area contributed by atoms with Crippen molar-refractivity contribution in [2.45, 2.75) is 57.8 Å². The molecular weight excluding hydrogens is 174 g/mol. The highest BCUT2D eigenvalue weighted by Crippen LogP contribution is 2.28. The van der Waals surface area contributed by atoms with Crippen LogP contribution in [0.1, 0.15) is 40.5 Å². The Hall–Kier alpha value is -0.520. The summed E-state index contributed by atoms with van der Waals surface area (Å²) in [6, 6.07) is 0. The predicted molar refractivity (Wildman–Crippen MR) is 59.1 cm³/mol. The van der Waals surface area contributed by atoms with Gasteiger partial charge in [0.1, 0.15) is 0 Å². The Labute approximate surface area is 87.4 Å². The molecule has 1 heterocycles. The summed E-state index contributed by atoms with van der Waals surface area (Å²) >= 11 is 0. The third-order valence-corrected chi connectivity index (χ3v) is 2.69. The summed E-state index contributed by atoms with van der Waals surface area (Å²) in [7, 11) is 0. The average Bonchev–Trinajstić information content (AvgIpc) is 2.43. The summed E-state index contributed by atoms with van der Waals surface area (Å²) in [4.78, 5) is 0. The first-order valence-electron chi connectivity index (χ1n) is 5.25. The first kappa shape index (κ1) is 11.6. The van der Waals surface area contributed by atoms with Gasteiger partial charge >= 0.3 is 0 Å². The highest BCUT2D eigenvalue weighted by molar-refractivity contribution is 5.07. The summed E-state index contributed by atoms with van der Waals surface area (Å²) in [5.74, 6) is 2.72. The molecule has 0 amide bonds. The monoisotopic (exact) mass is 195 g/mol. The molecule has 0 bridgehead atoms. The Balaban J connectivity index is 2.32. The lowest BCUT2D eigenvalue weighted by molar-refractivity contribution is -0.0156. The fourth-order valence-electron chi connectivity index (χ4n) is 1.64. The van der Waals surface area contributed by atoms with Gasteiger partial charge in [-0.2, -0.15) is 0 Å². The van der Waals surface area contributed by atoms with E-state index in [-0.39, 0.29) is 11.1 Å². The zero-order chi connectivity index (χ0) is 10.8. The van der Waals surface area contributed by atoms with Crippen molar-refractivity contribution in [1.29, 1.82) is 0 Å². The van der Waals surface area contributed by atoms with Crippen LogP contribution in [-0.2, 0) is 4.74 Å². The Kier molecular flexibility index (Phi) is 3.24. The van der Waals surface area contributed by atoms with Crippen LogP contribution in [-0.4, -0.2) is 23.8 Å². The van der Waals surface area contributed by atoms with Gasteiger partial charge in [0, 0.05) is 6.54 Å². The number of rotatable bonds is 3. The van der Waals surface area contributed by atoms with Crippen LogP contribution in [0, 0.1) is 12.3 Å². The predicted octanol–water partition coefficient (Wildman–Crippen LogP) is 1.95. The summed E-state index contributed by atoms with van der Waals surface area (Å²) < 4.78 is 5.86. The van der Waals surface area contributed by atoms with Crippen LogP contribution in [0.5, 0.6) is 0 Å². The highest BCUT2D eigenvalue weighted by Gasteiger charge is 2.32. The maximum Gasteiger partial charge on any atom is 0.0742 e. The number of hydrogen-bond donors (Lipinski definition) is 1. The Morgan fingerprint density at radius 2 is 2.21 bits per heavy atom. The van der Waals surface area contributed by atoms with Gasteiger partial charge in [-0.3, -0.25) is 5.32 Å². The molecule has 1 saturated heterocycles. The highest BCUT2D eigenvalue weighted by atomic mass is 16.5. The second-order valence-electron chi connectivity index (χ2n) is 5.19. The number of nitrogens with one attached hydrogen (secondary N) is 1. The molecule has 1 rings (SSSR count). The molecule has 1 atom stereocenters. The van der Waals surface area contributed by atoms with Crippen molar-refractivity contribution < 1.29 is 4.74 Å². The minimum absolute atomic E-state index is 0.0482. The van der Waals surface area contributed by atoms with Gasteiger partial charge in [0.05, 0.1) is 17.2 Å². The first-order chi connectivity index (χ1) is 6.35. The molecule has 0 aromatic carbocycles. The average molecular weight is 195 g/mol.